The summed E-state index contributed by atoms with van der Waals surface area (Å²) in [6.45, 7) is 3.49. The van der Waals surface area contributed by atoms with E-state index in [1.54, 1.807) is 5.57 Å². The Morgan fingerprint density at radius 3 is 2.59 bits per heavy atom. The minimum atomic E-state index is 0.826. The summed E-state index contributed by atoms with van der Waals surface area (Å²) in [5, 5.41) is 2.45. The van der Waals surface area contributed by atoms with Crippen LogP contribution in [0, 0.1) is 5.92 Å². The van der Waals surface area contributed by atoms with Crippen LogP contribution in [-0.2, 0) is 6.54 Å². The van der Waals surface area contributed by atoms with Crippen LogP contribution in [0.1, 0.15) is 18.4 Å². The molecule has 2 aliphatic rings. The molecule has 1 atom stereocenters. The molecule has 0 N–H and O–H groups in total. The van der Waals surface area contributed by atoms with Gasteiger partial charge < -0.3 is 0 Å². The smallest absolute Gasteiger partial charge is 0.0346 e. The number of likely N-dealkylation sites (tertiary alicyclic amines) is 1. The van der Waals surface area contributed by atoms with E-state index in [-0.39, 0.29) is 0 Å². The lowest BCUT2D eigenvalue weighted by Gasteiger charge is -2.35. The van der Waals surface area contributed by atoms with Gasteiger partial charge in [0.2, 0.25) is 0 Å². The van der Waals surface area contributed by atoms with E-state index in [9.17, 15) is 0 Å². The van der Waals surface area contributed by atoms with Crippen molar-refractivity contribution in [1.82, 2.24) is 9.88 Å². The molecule has 2 heterocycles. The Balaban J connectivity index is 0.000000153. The number of fused-ring (bicyclic) bond motifs is 2. The summed E-state index contributed by atoms with van der Waals surface area (Å²) in [4.78, 5) is 6.58. The molecular weight excluding hydrogens is 328 g/mol. The standard InChI is InChI=1S/C16H19N.C9H7N/c1-2-6-14(7-3-1)12-17-11-10-15-8-4-5-9-16(15)13-17;1-2-4-9-7-10-6-5-8(9)3-1/h1-7,9,15H,8,10-13H2;1-7H. The summed E-state index contributed by atoms with van der Waals surface area (Å²) in [6.07, 6.45) is 13.1. The first kappa shape index (κ1) is 17.7. The van der Waals surface area contributed by atoms with E-state index in [1.807, 2.05) is 30.6 Å². The van der Waals surface area contributed by atoms with Gasteiger partial charge in [0.1, 0.15) is 0 Å². The highest BCUT2D eigenvalue weighted by Crippen LogP contribution is 2.29. The zero-order valence-electron chi connectivity index (χ0n) is 15.7. The average Bonchev–Trinajstić information content (AvgIpc) is 2.75. The van der Waals surface area contributed by atoms with Crippen molar-refractivity contribution in [2.24, 2.45) is 5.92 Å². The fourth-order valence-corrected chi connectivity index (χ4v) is 3.89. The predicted octanol–water partition coefficient (Wildman–Crippen LogP) is 5.63. The Labute approximate surface area is 161 Å². The van der Waals surface area contributed by atoms with Crippen LogP contribution in [0.2, 0.25) is 0 Å². The van der Waals surface area contributed by atoms with Gasteiger partial charge in [0, 0.05) is 25.5 Å². The van der Waals surface area contributed by atoms with Gasteiger partial charge in [0.05, 0.1) is 0 Å². The molecule has 0 amide bonds. The van der Waals surface area contributed by atoms with Crippen LogP contribution < -0.4 is 0 Å². The molecule has 27 heavy (non-hydrogen) atoms. The average molecular weight is 354 g/mol. The highest BCUT2D eigenvalue weighted by molar-refractivity contribution is 5.80. The molecule has 1 aromatic heterocycles. The van der Waals surface area contributed by atoms with E-state index in [0.29, 0.717) is 0 Å². The second kappa shape index (κ2) is 8.79. The van der Waals surface area contributed by atoms with Crippen LogP contribution in [0.4, 0.5) is 0 Å². The van der Waals surface area contributed by atoms with E-state index in [1.165, 1.54) is 35.7 Å². The van der Waals surface area contributed by atoms with Gasteiger partial charge in [-0.1, -0.05) is 78.4 Å². The summed E-state index contributed by atoms with van der Waals surface area (Å²) in [7, 11) is 0. The number of hydrogen-bond donors (Lipinski definition) is 0. The summed E-state index contributed by atoms with van der Waals surface area (Å²) in [5.41, 5.74) is 3.06. The molecule has 5 rings (SSSR count). The van der Waals surface area contributed by atoms with E-state index < -0.39 is 0 Å². The van der Waals surface area contributed by atoms with Crippen molar-refractivity contribution in [3.63, 3.8) is 0 Å². The molecule has 1 aliphatic carbocycles. The van der Waals surface area contributed by atoms with Crippen LogP contribution in [0.15, 0.2) is 96.9 Å². The molecule has 0 saturated carbocycles. The first-order valence-corrected chi connectivity index (χ1v) is 9.79. The summed E-state index contributed by atoms with van der Waals surface area (Å²) >= 11 is 0. The normalized spacial score (nSPS) is 19.0. The molecule has 0 spiro atoms. The van der Waals surface area contributed by atoms with Crippen molar-refractivity contribution in [3.8, 4) is 0 Å². The minimum absolute atomic E-state index is 0.826. The highest BCUT2D eigenvalue weighted by atomic mass is 15.1. The lowest BCUT2D eigenvalue weighted by molar-refractivity contribution is 0.225. The first-order chi connectivity index (χ1) is 13.4. The van der Waals surface area contributed by atoms with Crippen LogP contribution in [0.5, 0.6) is 0 Å². The number of hydrogen-bond acceptors (Lipinski definition) is 2. The number of nitrogens with zero attached hydrogens (tertiary/aromatic N) is 2. The quantitative estimate of drug-likeness (QED) is 0.593. The molecule has 3 aromatic rings. The Morgan fingerprint density at radius 1 is 0.926 bits per heavy atom. The van der Waals surface area contributed by atoms with Gasteiger partial charge in [-0.25, -0.2) is 0 Å². The van der Waals surface area contributed by atoms with Crippen LogP contribution in [-0.4, -0.2) is 23.0 Å². The molecule has 1 saturated heterocycles. The number of rotatable bonds is 2. The molecule has 0 bridgehead atoms. The van der Waals surface area contributed by atoms with Gasteiger partial charge in [-0.15, -0.1) is 0 Å². The van der Waals surface area contributed by atoms with E-state index in [0.717, 1.165) is 19.0 Å². The van der Waals surface area contributed by atoms with Crippen molar-refractivity contribution >= 4 is 10.8 Å². The molecule has 136 valence electrons. The molecule has 2 heteroatoms. The van der Waals surface area contributed by atoms with Gasteiger partial charge in [0.15, 0.2) is 0 Å². The third-order valence-corrected chi connectivity index (χ3v) is 5.39. The van der Waals surface area contributed by atoms with Crippen LogP contribution in [0.3, 0.4) is 0 Å². The Hall–Kier alpha value is -2.71. The maximum absolute atomic E-state index is 4.01. The Bertz CT molecular complexity index is 862. The molecular formula is C25H26N2. The third kappa shape index (κ3) is 4.72. The summed E-state index contributed by atoms with van der Waals surface area (Å²) < 4.78 is 0. The van der Waals surface area contributed by atoms with Crippen LogP contribution in [0.25, 0.3) is 10.8 Å². The second-order valence-corrected chi connectivity index (χ2v) is 7.31. The van der Waals surface area contributed by atoms with Gasteiger partial charge in [0.25, 0.3) is 0 Å². The SMILES string of the molecule is C1=CCC2CCN(Cc3ccccc3)CC2=C1.c1ccc2cnccc2c1. The van der Waals surface area contributed by atoms with E-state index in [4.69, 9.17) is 0 Å². The predicted molar refractivity (Wildman–Crippen MR) is 113 cm³/mol. The van der Waals surface area contributed by atoms with Crippen molar-refractivity contribution in [3.05, 3.63) is 102 Å². The van der Waals surface area contributed by atoms with Crippen molar-refractivity contribution in [1.29, 1.82) is 0 Å². The number of allylic oxidation sites excluding steroid dienone is 3. The molecule has 1 unspecified atom stereocenters. The van der Waals surface area contributed by atoms with E-state index >= 15 is 0 Å². The lowest BCUT2D eigenvalue weighted by Crippen LogP contribution is -2.35. The number of benzene rings is 2. The lowest BCUT2D eigenvalue weighted by atomic mass is 9.85. The largest absolute Gasteiger partial charge is 0.295 e. The molecule has 1 aliphatic heterocycles. The van der Waals surface area contributed by atoms with E-state index in [2.05, 4.69) is 70.6 Å². The van der Waals surface area contributed by atoms with Gasteiger partial charge in [-0.3, -0.25) is 9.88 Å². The maximum atomic E-state index is 4.01. The fourth-order valence-electron chi connectivity index (χ4n) is 3.89. The monoisotopic (exact) mass is 354 g/mol. The maximum Gasteiger partial charge on any atom is 0.0346 e. The zero-order chi connectivity index (χ0) is 18.3. The third-order valence-electron chi connectivity index (χ3n) is 5.39. The first-order valence-electron chi connectivity index (χ1n) is 9.79. The highest BCUT2D eigenvalue weighted by Gasteiger charge is 2.23. The van der Waals surface area contributed by atoms with Crippen molar-refractivity contribution in [2.45, 2.75) is 19.4 Å². The van der Waals surface area contributed by atoms with Gasteiger partial charge >= 0.3 is 0 Å². The topological polar surface area (TPSA) is 16.1 Å². The summed E-state index contributed by atoms with van der Waals surface area (Å²) in [5.74, 6) is 0.826. The van der Waals surface area contributed by atoms with Crippen molar-refractivity contribution < 1.29 is 0 Å². The Kier molecular flexibility index (Phi) is 5.76. The molecule has 2 aromatic carbocycles. The number of piperidine rings is 1. The molecule has 1 fully saturated rings. The fraction of sp³-hybridized carbons (Fsp3) is 0.240. The van der Waals surface area contributed by atoms with Crippen LogP contribution >= 0.6 is 0 Å². The second-order valence-electron chi connectivity index (χ2n) is 7.31. The van der Waals surface area contributed by atoms with Crippen molar-refractivity contribution in [2.75, 3.05) is 13.1 Å². The zero-order valence-corrected chi connectivity index (χ0v) is 15.7. The Morgan fingerprint density at radius 2 is 1.74 bits per heavy atom. The van der Waals surface area contributed by atoms with Gasteiger partial charge in [-0.2, -0.15) is 0 Å². The molecule has 2 nitrogen and oxygen atoms in total. The minimum Gasteiger partial charge on any atom is -0.295 e. The molecule has 0 radical (unpaired) electrons. The summed E-state index contributed by atoms with van der Waals surface area (Å²) in [6, 6.07) is 21.0. The van der Waals surface area contributed by atoms with Gasteiger partial charge in [-0.05, 0) is 47.7 Å². The number of pyridine rings is 1. The number of aromatic nitrogens is 1.